The maximum atomic E-state index is 12.9. The molecule has 8 heteroatoms. The second-order valence-corrected chi connectivity index (χ2v) is 7.52. The molecule has 0 atom stereocenters. The van der Waals surface area contributed by atoms with Gasteiger partial charge in [-0.15, -0.1) is 0 Å². The highest BCUT2D eigenvalue weighted by Gasteiger charge is 2.31. The van der Waals surface area contributed by atoms with Crippen LogP contribution in [0.5, 0.6) is 5.75 Å². The van der Waals surface area contributed by atoms with E-state index in [1.807, 2.05) is 66.4 Å². The smallest absolute Gasteiger partial charge is 0.187 e. The molecule has 0 bridgehead atoms. The lowest BCUT2D eigenvalue weighted by molar-refractivity contribution is -0.112. The molecule has 0 spiro atoms. The van der Waals surface area contributed by atoms with Gasteiger partial charge in [0.2, 0.25) is 0 Å². The quantitative estimate of drug-likeness (QED) is 0.395. The van der Waals surface area contributed by atoms with Gasteiger partial charge in [0.1, 0.15) is 23.2 Å². The van der Waals surface area contributed by atoms with Gasteiger partial charge in [-0.3, -0.25) is 4.79 Å². The summed E-state index contributed by atoms with van der Waals surface area (Å²) in [6.45, 7) is 0. The van der Waals surface area contributed by atoms with Crippen molar-refractivity contribution in [3.05, 3.63) is 53.9 Å². The third kappa shape index (κ3) is 3.30. The number of benzene rings is 2. The zero-order valence-electron chi connectivity index (χ0n) is 16.3. The number of nitrogens with zero attached hydrogens (tertiary/aromatic N) is 4. The first kappa shape index (κ1) is 18.9. The van der Waals surface area contributed by atoms with E-state index in [9.17, 15) is 10.1 Å². The van der Waals surface area contributed by atoms with E-state index in [0.717, 1.165) is 28.2 Å². The Morgan fingerprint density at radius 1 is 1.21 bits per heavy atom. The number of H-pyrrole nitrogens is 1. The van der Waals surface area contributed by atoms with Crippen molar-refractivity contribution in [2.45, 2.75) is 5.16 Å². The van der Waals surface area contributed by atoms with E-state index in [1.54, 1.807) is 7.11 Å². The summed E-state index contributed by atoms with van der Waals surface area (Å²) in [7, 11) is 5.34. The first-order chi connectivity index (χ1) is 14.0. The van der Waals surface area contributed by atoms with Crippen LogP contribution in [-0.2, 0) is 4.79 Å². The van der Waals surface area contributed by atoms with Gasteiger partial charge in [-0.2, -0.15) is 5.26 Å². The first-order valence-electron chi connectivity index (χ1n) is 8.94. The average molecular weight is 405 g/mol. The molecule has 4 rings (SSSR count). The number of ether oxygens (including phenoxy) is 1. The van der Waals surface area contributed by atoms with E-state index < -0.39 is 0 Å². The molecule has 0 saturated carbocycles. The van der Waals surface area contributed by atoms with E-state index >= 15 is 0 Å². The molecule has 29 heavy (non-hydrogen) atoms. The number of Topliss-reactive ketones (excluding diaryl/α,β-unsaturated/α-hetero) is 1. The van der Waals surface area contributed by atoms with Gasteiger partial charge in [0.15, 0.2) is 10.9 Å². The normalized spacial score (nSPS) is 12.8. The van der Waals surface area contributed by atoms with Crippen LogP contribution in [-0.4, -0.2) is 42.7 Å². The SMILES string of the molecule is COc1ccc2nc(SCC(=O)C(C#N)=C3N(C)c4ccccc4N3C)[nH]c2c1. The Balaban J connectivity index is 1.56. The van der Waals surface area contributed by atoms with Gasteiger partial charge < -0.3 is 19.5 Å². The third-order valence-electron chi connectivity index (χ3n) is 4.86. The summed E-state index contributed by atoms with van der Waals surface area (Å²) in [5.74, 6) is 1.20. The number of fused-ring (bicyclic) bond motifs is 2. The summed E-state index contributed by atoms with van der Waals surface area (Å²) in [5, 5.41) is 10.3. The standard InChI is InChI=1S/C21H19N5O2S/c1-25-17-6-4-5-7-18(17)26(2)20(25)14(11-22)19(27)12-29-21-23-15-9-8-13(28-3)10-16(15)24-21/h4-10H,12H2,1-3H3,(H,23,24). The molecule has 1 aliphatic rings. The van der Waals surface area contributed by atoms with Crippen molar-refractivity contribution in [2.24, 2.45) is 0 Å². The van der Waals surface area contributed by atoms with Crippen LogP contribution < -0.4 is 14.5 Å². The Morgan fingerprint density at radius 2 is 1.90 bits per heavy atom. The lowest BCUT2D eigenvalue weighted by Gasteiger charge is -2.19. The van der Waals surface area contributed by atoms with Crippen molar-refractivity contribution in [1.29, 1.82) is 5.26 Å². The number of rotatable bonds is 5. The molecule has 3 aromatic rings. The molecule has 0 saturated heterocycles. The number of ketones is 1. The lowest BCUT2D eigenvalue weighted by atomic mass is 10.2. The second kappa shape index (κ2) is 7.53. The molecular weight excluding hydrogens is 386 g/mol. The summed E-state index contributed by atoms with van der Waals surface area (Å²) in [6.07, 6.45) is 0. The monoisotopic (exact) mass is 405 g/mol. The number of carbonyl (C=O) groups is 1. The molecular formula is C21H19N5O2S. The van der Waals surface area contributed by atoms with Gasteiger partial charge >= 0.3 is 0 Å². The molecule has 0 radical (unpaired) electrons. The molecule has 1 aromatic heterocycles. The topological polar surface area (TPSA) is 85.2 Å². The predicted octanol–water partition coefficient (Wildman–Crippen LogP) is 3.55. The summed E-state index contributed by atoms with van der Waals surface area (Å²) in [4.78, 5) is 24.3. The van der Waals surface area contributed by atoms with Crippen molar-refractivity contribution >= 4 is 40.0 Å². The van der Waals surface area contributed by atoms with Gasteiger partial charge in [0.05, 0.1) is 35.3 Å². The summed E-state index contributed by atoms with van der Waals surface area (Å²) >= 11 is 1.28. The summed E-state index contributed by atoms with van der Waals surface area (Å²) < 4.78 is 5.22. The van der Waals surface area contributed by atoms with Gasteiger partial charge in [-0.1, -0.05) is 23.9 Å². The molecule has 2 heterocycles. The minimum atomic E-state index is -0.239. The number of aromatic nitrogens is 2. The fourth-order valence-electron chi connectivity index (χ4n) is 3.42. The number of imidazole rings is 1. The highest BCUT2D eigenvalue weighted by Crippen LogP contribution is 2.40. The first-order valence-corrected chi connectivity index (χ1v) is 9.92. The van der Waals surface area contributed by atoms with Gasteiger partial charge in [-0.05, 0) is 24.3 Å². The van der Waals surface area contributed by atoms with E-state index in [2.05, 4.69) is 16.0 Å². The highest BCUT2D eigenvalue weighted by molar-refractivity contribution is 7.99. The molecule has 1 N–H and O–H groups in total. The van der Waals surface area contributed by atoms with Crippen molar-refractivity contribution in [3.8, 4) is 11.8 Å². The van der Waals surface area contributed by atoms with Crippen molar-refractivity contribution < 1.29 is 9.53 Å². The Morgan fingerprint density at radius 3 is 2.52 bits per heavy atom. The number of para-hydroxylation sites is 2. The van der Waals surface area contributed by atoms with Crippen LogP contribution in [0.15, 0.2) is 59.0 Å². The van der Waals surface area contributed by atoms with Crippen molar-refractivity contribution in [2.75, 3.05) is 36.8 Å². The molecule has 0 aliphatic carbocycles. The number of hydrogen-bond acceptors (Lipinski definition) is 7. The number of thioether (sulfide) groups is 1. The number of anilines is 2. The fraction of sp³-hybridized carbons (Fsp3) is 0.190. The summed E-state index contributed by atoms with van der Waals surface area (Å²) in [6, 6.07) is 15.5. The number of methoxy groups -OCH3 is 1. The number of hydrogen-bond donors (Lipinski definition) is 1. The third-order valence-corrected chi connectivity index (χ3v) is 5.73. The minimum Gasteiger partial charge on any atom is -0.497 e. The average Bonchev–Trinajstić information content (AvgIpc) is 3.26. The maximum Gasteiger partial charge on any atom is 0.187 e. The minimum absolute atomic E-state index is 0.112. The predicted molar refractivity (Wildman–Crippen MR) is 114 cm³/mol. The van der Waals surface area contributed by atoms with Crippen LogP contribution >= 0.6 is 11.8 Å². The highest BCUT2D eigenvalue weighted by atomic mass is 32.2. The number of allylic oxidation sites excluding steroid dienone is 1. The van der Waals surface area contributed by atoms with E-state index in [4.69, 9.17) is 4.74 Å². The molecule has 0 fully saturated rings. The summed E-state index contributed by atoms with van der Waals surface area (Å²) in [5.41, 5.74) is 3.69. The van der Waals surface area contributed by atoms with Crippen molar-refractivity contribution in [1.82, 2.24) is 9.97 Å². The second-order valence-electron chi connectivity index (χ2n) is 6.55. The van der Waals surface area contributed by atoms with Crippen molar-refractivity contribution in [3.63, 3.8) is 0 Å². The van der Waals surface area contributed by atoms with Crippen LogP contribution in [0.4, 0.5) is 11.4 Å². The zero-order valence-corrected chi connectivity index (χ0v) is 17.1. The molecule has 0 unspecified atom stereocenters. The number of nitriles is 1. The molecule has 7 nitrogen and oxygen atoms in total. The largest absolute Gasteiger partial charge is 0.497 e. The van der Waals surface area contributed by atoms with E-state index in [0.29, 0.717) is 11.0 Å². The molecule has 146 valence electrons. The van der Waals surface area contributed by atoms with Gasteiger partial charge in [-0.25, -0.2) is 4.98 Å². The van der Waals surface area contributed by atoms with Gasteiger partial charge in [0, 0.05) is 20.2 Å². The number of carbonyl (C=O) groups excluding carboxylic acids is 1. The van der Waals surface area contributed by atoms with Crippen LogP contribution in [0.2, 0.25) is 0 Å². The Kier molecular flexibility index (Phi) is 4.91. The molecule has 0 amide bonds. The van der Waals surface area contributed by atoms with E-state index in [-0.39, 0.29) is 17.1 Å². The number of aromatic amines is 1. The Hall–Kier alpha value is -3.44. The Bertz CT molecular complexity index is 1150. The number of nitrogens with one attached hydrogen (secondary N) is 1. The molecule has 1 aliphatic heterocycles. The van der Waals surface area contributed by atoms with Crippen LogP contribution in [0.3, 0.4) is 0 Å². The fourth-order valence-corrected chi connectivity index (χ4v) is 4.18. The van der Waals surface area contributed by atoms with Crippen LogP contribution in [0.1, 0.15) is 0 Å². The molecule has 2 aromatic carbocycles. The van der Waals surface area contributed by atoms with E-state index in [1.165, 1.54) is 11.8 Å². The Labute approximate surface area is 172 Å². The van der Waals surface area contributed by atoms with Gasteiger partial charge in [0.25, 0.3) is 0 Å². The lowest BCUT2D eigenvalue weighted by Crippen LogP contribution is -2.26. The maximum absolute atomic E-state index is 12.9. The zero-order chi connectivity index (χ0) is 20.5. The van der Waals surface area contributed by atoms with Crippen LogP contribution in [0, 0.1) is 11.3 Å². The van der Waals surface area contributed by atoms with Crippen LogP contribution in [0.25, 0.3) is 11.0 Å².